The van der Waals surface area contributed by atoms with Crippen molar-refractivity contribution < 1.29 is 18.0 Å². The molecule has 176 valence electrons. The first-order valence-electron chi connectivity index (χ1n) is 10.6. The number of nitrogens with zero attached hydrogens (tertiary/aromatic N) is 3. The molecule has 10 heteroatoms. The summed E-state index contributed by atoms with van der Waals surface area (Å²) in [6.07, 6.45) is -0.196. The fraction of sp³-hybridized carbons (Fsp3) is 0.391. The van der Waals surface area contributed by atoms with Crippen molar-refractivity contribution in [2.75, 3.05) is 42.5 Å². The maximum Gasteiger partial charge on any atom is 0.242 e. The molecular formula is C23H25Cl2N3O4S. The van der Waals surface area contributed by atoms with E-state index in [1.807, 2.05) is 12.1 Å². The van der Waals surface area contributed by atoms with Gasteiger partial charge in [-0.15, -0.1) is 0 Å². The lowest BCUT2D eigenvalue weighted by Gasteiger charge is -2.37. The third-order valence-corrected chi connectivity index (χ3v) is 9.58. The van der Waals surface area contributed by atoms with Crippen LogP contribution in [0, 0.1) is 0 Å². The van der Waals surface area contributed by atoms with Crippen LogP contribution in [0.1, 0.15) is 20.3 Å². The van der Waals surface area contributed by atoms with Gasteiger partial charge in [0.2, 0.25) is 11.8 Å². The van der Waals surface area contributed by atoms with Crippen LogP contribution in [0.25, 0.3) is 0 Å². The van der Waals surface area contributed by atoms with Crippen molar-refractivity contribution in [2.24, 2.45) is 0 Å². The molecule has 0 spiro atoms. The van der Waals surface area contributed by atoms with Gasteiger partial charge in [0.05, 0.1) is 31.1 Å². The van der Waals surface area contributed by atoms with E-state index < -0.39 is 14.6 Å². The van der Waals surface area contributed by atoms with Crippen molar-refractivity contribution in [3.05, 3.63) is 52.5 Å². The molecule has 1 saturated heterocycles. The maximum atomic E-state index is 13.1. The van der Waals surface area contributed by atoms with Gasteiger partial charge in [-0.05, 0) is 38.1 Å². The van der Waals surface area contributed by atoms with Crippen LogP contribution in [0.15, 0.2) is 47.4 Å². The average molecular weight is 510 g/mol. The summed E-state index contributed by atoms with van der Waals surface area (Å²) in [6.45, 7) is 4.92. The summed E-state index contributed by atoms with van der Waals surface area (Å²) in [5.41, 5.74) is 1.08. The number of fused-ring (bicyclic) bond motifs is 1. The minimum atomic E-state index is -3.75. The number of carbonyl (C=O) groups is 2. The van der Waals surface area contributed by atoms with Gasteiger partial charge >= 0.3 is 0 Å². The summed E-state index contributed by atoms with van der Waals surface area (Å²) in [5.74, 6) is -0.613. The van der Waals surface area contributed by atoms with Crippen LogP contribution in [-0.2, 0) is 19.4 Å². The number of hydrogen-bond acceptors (Lipinski definition) is 5. The second-order valence-electron chi connectivity index (χ2n) is 8.83. The Hall–Kier alpha value is -2.29. The molecule has 4 rings (SSSR count). The first kappa shape index (κ1) is 23.9. The first-order valence-corrected chi connectivity index (χ1v) is 12.9. The lowest BCUT2D eigenvalue weighted by molar-refractivity contribution is -0.131. The van der Waals surface area contributed by atoms with Gasteiger partial charge in [0.15, 0.2) is 9.84 Å². The Bertz CT molecular complexity index is 1210. The molecule has 7 nitrogen and oxygen atoms in total. The third kappa shape index (κ3) is 4.32. The van der Waals surface area contributed by atoms with E-state index in [1.165, 1.54) is 11.0 Å². The molecule has 1 fully saturated rings. The van der Waals surface area contributed by atoms with Gasteiger partial charge in [-0.1, -0.05) is 41.4 Å². The normalized spacial score (nSPS) is 19.8. The summed E-state index contributed by atoms with van der Waals surface area (Å²) in [4.78, 5) is 31.3. The Kier molecular flexibility index (Phi) is 6.37. The Morgan fingerprint density at radius 1 is 0.970 bits per heavy atom. The number of rotatable bonds is 3. The van der Waals surface area contributed by atoms with E-state index in [0.717, 1.165) is 5.69 Å². The second-order valence-corrected chi connectivity index (χ2v) is 12.2. The number of carbonyl (C=O) groups excluding carboxylic acids is 2. The second kappa shape index (κ2) is 8.81. The van der Waals surface area contributed by atoms with Crippen LogP contribution in [0.5, 0.6) is 0 Å². The van der Waals surface area contributed by atoms with Crippen LogP contribution in [0.3, 0.4) is 0 Å². The van der Waals surface area contributed by atoms with Crippen LogP contribution in [0.4, 0.5) is 11.4 Å². The molecule has 0 aliphatic carbocycles. The number of amides is 2. The highest BCUT2D eigenvalue weighted by Gasteiger charge is 2.44. The zero-order valence-corrected chi connectivity index (χ0v) is 20.8. The van der Waals surface area contributed by atoms with Crippen molar-refractivity contribution in [3.63, 3.8) is 0 Å². The van der Waals surface area contributed by atoms with E-state index in [2.05, 4.69) is 4.90 Å². The lowest BCUT2D eigenvalue weighted by Crippen LogP contribution is -2.52. The fourth-order valence-corrected chi connectivity index (χ4v) is 6.27. The molecule has 0 atom stereocenters. The third-order valence-electron chi connectivity index (χ3n) is 6.25. The molecule has 0 radical (unpaired) electrons. The Morgan fingerprint density at radius 2 is 1.61 bits per heavy atom. The van der Waals surface area contributed by atoms with E-state index in [9.17, 15) is 18.0 Å². The Labute approximate surface area is 203 Å². The molecule has 2 amide bonds. The number of hydrogen-bond donors (Lipinski definition) is 0. The van der Waals surface area contributed by atoms with Gasteiger partial charge in [-0.25, -0.2) is 8.42 Å². The van der Waals surface area contributed by atoms with Gasteiger partial charge in [-0.3, -0.25) is 9.59 Å². The highest BCUT2D eigenvalue weighted by Crippen LogP contribution is 2.39. The number of para-hydroxylation sites is 1. The topological polar surface area (TPSA) is 78.0 Å². The monoisotopic (exact) mass is 509 g/mol. The van der Waals surface area contributed by atoms with E-state index >= 15 is 0 Å². The highest BCUT2D eigenvalue weighted by molar-refractivity contribution is 7.93. The van der Waals surface area contributed by atoms with Gasteiger partial charge in [0, 0.05) is 32.6 Å². The average Bonchev–Trinajstić information content (AvgIpc) is 2.83. The van der Waals surface area contributed by atoms with Gasteiger partial charge in [-0.2, -0.15) is 0 Å². The first-order chi connectivity index (χ1) is 15.5. The summed E-state index contributed by atoms with van der Waals surface area (Å²) in [7, 11) is -3.75. The largest absolute Gasteiger partial charge is 0.367 e. The fourth-order valence-electron chi connectivity index (χ4n) is 4.24. The maximum absolute atomic E-state index is 13.1. The summed E-state index contributed by atoms with van der Waals surface area (Å²) >= 11 is 12.5. The zero-order chi connectivity index (χ0) is 24.0. The predicted molar refractivity (Wildman–Crippen MR) is 130 cm³/mol. The number of halogens is 2. The molecule has 2 aliphatic heterocycles. The van der Waals surface area contributed by atoms with Gasteiger partial charge < -0.3 is 14.7 Å². The highest BCUT2D eigenvalue weighted by atomic mass is 35.5. The molecular weight excluding hydrogens is 485 g/mol. The van der Waals surface area contributed by atoms with E-state index in [-0.39, 0.29) is 35.4 Å². The minimum absolute atomic E-state index is 0.0778. The molecule has 2 heterocycles. The Balaban J connectivity index is 1.52. The molecule has 2 aromatic rings. The van der Waals surface area contributed by atoms with Gasteiger partial charge in [0.1, 0.15) is 6.54 Å². The van der Waals surface area contributed by atoms with Gasteiger partial charge in [0.25, 0.3) is 0 Å². The number of anilines is 2. The summed E-state index contributed by atoms with van der Waals surface area (Å²) < 4.78 is 25.0. The quantitative estimate of drug-likeness (QED) is 0.631. The lowest BCUT2D eigenvalue weighted by atomic mass is 10.1. The molecule has 33 heavy (non-hydrogen) atoms. The van der Waals surface area contributed by atoms with Crippen LogP contribution < -0.4 is 9.80 Å². The predicted octanol–water partition coefficient (Wildman–Crippen LogP) is 3.63. The van der Waals surface area contributed by atoms with Crippen LogP contribution in [0.2, 0.25) is 10.0 Å². The van der Waals surface area contributed by atoms with E-state index in [0.29, 0.717) is 36.2 Å². The van der Waals surface area contributed by atoms with Crippen molar-refractivity contribution in [1.29, 1.82) is 0 Å². The van der Waals surface area contributed by atoms with E-state index in [4.69, 9.17) is 23.2 Å². The number of benzene rings is 2. The van der Waals surface area contributed by atoms with Crippen LogP contribution >= 0.6 is 23.2 Å². The van der Waals surface area contributed by atoms with Crippen molar-refractivity contribution in [2.45, 2.75) is 29.9 Å². The summed E-state index contributed by atoms with van der Waals surface area (Å²) in [5, 5.41) is 0.957. The molecule has 0 aromatic heterocycles. The van der Waals surface area contributed by atoms with Crippen molar-refractivity contribution in [1.82, 2.24) is 4.90 Å². The van der Waals surface area contributed by atoms with Crippen molar-refractivity contribution in [3.8, 4) is 0 Å². The van der Waals surface area contributed by atoms with Crippen LogP contribution in [-0.4, -0.2) is 62.6 Å². The molecule has 2 aromatic carbocycles. The zero-order valence-electron chi connectivity index (χ0n) is 18.4. The van der Waals surface area contributed by atoms with Crippen molar-refractivity contribution >= 4 is 56.2 Å². The smallest absolute Gasteiger partial charge is 0.242 e. The number of piperazine rings is 1. The standard InChI is InChI=1S/C23H25Cl2N3O4S/c1-23(2)14-20(29)28(17-7-3-4-9-19(17)33(23,31)32)15-21(30)27-12-10-26(11-13-27)18-8-5-6-16(24)22(18)25/h3-9H,10-15H2,1-2H3. The molecule has 2 aliphatic rings. The molecule has 0 bridgehead atoms. The van der Waals surface area contributed by atoms with E-state index in [1.54, 1.807) is 43.0 Å². The minimum Gasteiger partial charge on any atom is -0.367 e. The SMILES string of the molecule is CC1(C)CC(=O)N(CC(=O)N2CCN(c3cccc(Cl)c3Cl)CC2)c2ccccc2S1(=O)=O. The summed E-state index contributed by atoms with van der Waals surface area (Å²) in [6, 6.07) is 11.8. The molecule has 0 N–H and O–H groups in total. The Morgan fingerprint density at radius 3 is 2.30 bits per heavy atom. The molecule has 0 unspecified atom stereocenters. The number of sulfone groups is 1. The molecule has 0 saturated carbocycles.